The van der Waals surface area contributed by atoms with Gasteiger partial charge in [-0.25, -0.2) is 9.36 Å². The molecule has 29 heavy (non-hydrogen) atoms. The summed E-state index contributed by atoms with van der Waals surface area (Å²) in [6.45, 7) is -1.89. The second-order valence-corrected chi connectivity index (χ2v) is 7.43. The van der Waals surface area contributed by atoms with Crippen LogP contribution in [0.3, 0.4) is 0 Å². The van der Waals surface area contributed by atoms with Gasteiger partial charge >= 0.3 is 13.5 Å². The van der Waals surface area contributed by atoms with E-state index in [4.69, 9.17) is 35.6 Å². The van der Waals surface area contributed by atoms with Crippen LogP contribution in [0.2, 0.25) is 0 Å². The monoisotopic (exact) mass is 445 g/mol. The predicted octanol–water partition coefficient (Wildman–Crippen LogP) is -5.07. The smallest absolute Gasteiger partial charge is 0.394 e. The van der Waals surface area contributed by atoms with Gasteiger partial charge in [0.05, 0.1) is 32.0 Å². The summed E-state index contributed by atoms with van der Waals surface area (Å²) < 4.78 is 20.8. The largest absolute Gasteiger partial charge is 0.469 e. The molecule has 1 aromatic rings. The van der Waals surface area contributed by atoms with Crippen LogP contribution < -0.4 is 17.0 Å². The molecule has 1 aliphatic rings. The zero-order valence-corrected chi connectivity index (χ0v) is 15.8. The first-order chi connectivity index (χ1) is 13.4. The summed E-state index contributed by atoms with van der Waals surface area (Å²) >= 11 is 0. The van der Waals surface area contributed by atoms with Gasteiger partial charge in [-0.05, 0) is 0 Å². The van der Waals surface area contributed by atoms with Crippen molar-refractivity contribution in [1.82, 2.24) is 9.55 Å². The predicted molar refractivity (Wildman–Crippen MR) is 93.4 cm³/mol. The van der Waals surface area contributed by atoms with Crippen molar-refractivity contribution in [2.75, 3.05) is 26.4 Å². The molecule has 4 atom stereocenters. The van der Waals surface area contributed by atoms with Crippen LogP contribution in [-0.2, 0) is 13.8 Å². The average molecular weight is 445 g/mol. The summed E-state index contributed by atoms with van der Waals surface area (Å²) in [5.74, 6) is 0. The summed E-state index contributed by atoms with van der Waals surface area (Å²) in [4.78, 5) is 41.6. The first-order valence-electron chi connectivity index (χ1n) is 8.02. The first kappa shape index (κ1) is 25.5. The van der Waals surface area contributed by atoms with Crippen molar-refractivity contribution in [2.45, 2.75) is 30.1 Å². The number of ether oxygens (including phenoxy) is 1. The van der Waals surface area contributed by atoms with Crippen molar-refractivity contribution in [3.63, 3.8) is 0 Å². The highest BCUT2D eigenvalue weighted by molar-refractivity contribution is 7.46. The Morgan fingerprint density at radius 2 is 1.72 bits per heavy atom. The summed E-state index contributed by atoms with van der Waals surface area (Å²) in [6, 6.07) is 1.02. The van der Waals surface area contributed by atoms with Gasteiger partial charge in [-0.1, -0.05) is 0 Å². The number of nitrogens with two attached hydrogens (primary N) is 1. The van der Waals surface area contributed by atoms with Gasteiger partial charge in [0, 0.05) is 12.3 Å². The molecule has 2 heterocycles. The van der Waals surface area contributed by atoms with Crippen LogP contribution in [0, 0.1) is 0 Å². The number of H-pyrrole nitrogens is 1. The van der Waals surface area contributed by atoms with Crippen LogP contribution in [0.5, 0.6) is 0 Å². The Labute approximate surface area is 162 Å². The first-order valence-corrected chi connectivity index (χ1v) is 9.55. The van der Waals surface area contributed by atoms with E-state index < -0.39 is 75.6 Å². The van der Waals surface area contributed by atoms with Crippen molar-refractivity contribution in [3.05, 3.63) is 33.1 Å². The van der Waals surface area contributed by atoms with Crippen molar-refractivity contribution >= 4 is 7.82 Å². The molecule has 0 bridgehead atoms. The van der Waals surface area contributed by atoms with Gasteiger partial charge < -0.3 is 45.8 Å². The van der Waals surface area contributed by atoms with Crippen LogP contribution in [0.4, 0.5) is 0 Å². The zero-order chi connectivity index (χ0) is 22.4. The third-order valence-corrected chi connectivity index (χ3v) is 4.30. The maximum Gasteiger partial charge on any atom is 0.469 e. The number of rotatable bonds is 7. The fourth-order valence-electron chi connectivity index (χ4n) is 2.04. The molecule has 0 amide bonds. The second kappa shape index (κ2) is 10.5. The third-order valence-electron chi connectivity index (χ3n) is 3.81. The zero-order valence-electron chi connectivity index (χ0n) is 14.9. The molecule has 0 aromatic carbocycles. The molecule has 1 aliphatic heterocycles. The fourth-order valence-corrected chi connectivity index (χ4v) is 2.39. The number of aromatic nitrogens is 2. The van der Waals surface area contributed by atoms with Gasteiger partial charge in [0.15, 0.2) is 6.23 Å². The van der Waals surface area contributed by atoms with Crippen LogP contribution in [0.1, 0.15) is 6.23 Å². The molecule has 0 saturated carbocycles. The molecule has 168 valence electrons. The Bertz CT molecular complexity index is 794. The standard InChI is InChI=1S/C9H13N2O9P.C4H11NO3/c12-5-1-2-11(9(15)10-5)8-7(14)6(13)4(20-8)3-19-21(16,17)18;5-4(1-6,2-7)3-8/h1-2,4,6-8,13-14H,3H2,(H,10,12,15)(H2,16,17,18);6-8H,1-3,5H2/t4-,6-,7-,8-;/m1./s1. The lowest BCUT2D eigenvalue weighted by atomic mass is 10.1. The lowest BCUT2D eigenvalue weighted by Crippen LogP contribution is -2.50. The van der Waals surface area contributed by atoms with Gasteiger partial charge in [0.25, 0.3) is 5.56 Å². The molecule has 0 radical (unpaired) electrons. The highest BCUT2D eigenvalue weighted by atomic mass is 31.2. The number of hydrogen-bond donors (Lipinski definition) is 9. The maximum absolute atomic E-state index is 11.6. The molecule has 1 saturated heterocycles. The summed E-state index contributed by atoms with van der Waals surface area (Å²) in [5, 5.41) is 44.6. The van der Waals surface area contributed by atoms with Crippen molar-refractivity contribution in [1.29, 1.82) is 0 Å². The number of phosphoric ester groups is 1. The Balaban J connectivity index is 0.000000447. The van der Waals surface area contributed by atoms with Crippen molar-refractivity contribution < 1.29 is 49.1 Å². The molecule has 0 unspecified atom stereocenters. The normalized spacial score (nSPS) is 24.8. The molecule has 15 nitrogen and oxygen atoms in total. The third kappa shape index (κ3) is 7.36. The number of aliphatic hydroxyl groups excluding tert-OH is 5. The van der Waals surface area contributed by atoms with Crippen molar-refractivity contribution in [2.24, 2.45) is 5.73 Å². The minimum Gasteiger partial charge on any atom is -0.394 e. The number of phosphoric acid groups is 1. The number of aliphatic hydroxyl groups is 5. The Kier molecular flexibility index (Phi) is 9.26. The van der Waals surface area contributed by atoms with E-state index >= 15 is 0 Å². The van der Waals surface area contributed by atoms with E-state index in [9.17, 15) is 24.4 Å². The van der Waals surface area contributed by atoms with Gasteiger partial charge in [-0.2, -0.15) is 0 Å². The molecule has 10 N–H and O–H groups in total. The van der Waals surface area contributed by atoms with Crippen LogP contribution >= 0.6 is 7.82 Å². The quantitative estimate of drug-likeness (QED) is 0.178. The molecule has 2 rings (SSSR count). The number of hydrogen-bond acceptors (Lipinski definition) is 11. The Hall–Kier alpha value is -1.49. The van der Waals surface area contributed by atoms with Crippen LogP contribution in [0.15, 0.2) is 21.9 Å². The average Bonchev–Trinajstić information content (AvgIpc) is 2.94. The van der Waals surface area contributed by atoms with E-state index in [0.717, 1.165) is 16.8 Å². The van der Waals surface area contributed by atoms with E-state index in [-0.39, 0.29) is 0 Å². The Morgan fingerprint density at radius 1 is 1.17 bits per heavy atom. The lowest BCUT2D eigenvalue weighted by molar-refractivity contribution is -0.0543. The summed E-state index contributed by atoms with van der Waals surface area (Å²) in [5.41, 5.74) is 2.42. The summed E-state index contributed by atoms with van der Waals surface area (Å²) in [7, 11) is -4.76. The van der Waals surface area contributed by atoms with Crippen LogP contribution in [-0.4, -0.2) is 95.1 Å². The topological polar surface area (TPSA) is 258 Å². The van der Waals surface area contributed by atoms with E-state index in [2.05, 4.69) is 4.52 Å². The highest BCUT2D eigenvalue weighted by Crippen LogP contribution is 2.38. The molecular formula is C13H24N3O12P. The molecular weight excluding hydrogens is 421 g/mol. The SMILES string of the molecule is NC(CO)(CO)CO.O=c1ccn([C@@H]2O[C@H](COP(=O)(O)O)[C@@H](O)[C@H]2O)c(=O)[nH]1. The second-order valence-electron chi connectivity index (χ2n) is 6.19. The fraction of sp³-hybridized carbons (Fsp3) is 0.692. The van der Waals surface area contributed by atoms with E-state index in [1.54, 1.807) is 0 Å². The van der Waals surface area contributed by atoms with Gasteiger partial charge in [-0.15, -0.1) is 0 Å². The molecule has 0 spiro atoms. The van der Waals surface area contributed by atoms with Crippen LogP contribution in [0.25, 0.3) is 0 Å². The highest BCUT2D eigenvalue weighted by Gasteiger charge is 2.44. The lowest BCUT2D eigenvalue weighted by Gasteiger charge is -2.20. The van der Waals surface area contributed by atoms with Gasteiger partial charge in [0.2, 0.25) is 0 Å². The van der Waals surface area contributed by atoms with Gasteiger partial charge in [0.1, 0.15) is 18.3 Å². The number of nitrogens with zero attached hydrogens (tertiary/aromatic N) is 1. The molecule has 1 aromatic heterocycles. The minimum atomic E-state index is -4.76. The minimum absolute atomic E-state index is 0.403. The molecule has 1 fully saturated rings. The summed E-state index contributed by atoms with van der Waals surface area (Å²) in [6.07, 6.45) is -4.58. The maximum atomic E-state index is 11.6. The molecule has 16 heteroatoms. The van der Waals surface area contributed by atoms with E-state index in [0.29, 0.717) is 0 Å². The van der Waals surface area contributed by atoms with Crippen molar-refractivity contribution in [3.8, 4) is 0 Å². The van der Waals surface area contributed by atoms with E-state index in [1.807, 2.05) is 4.98 Å². The molecule has 0 aliphatic carbocycles. The van der Waals surface area contributed by atoms with Gasteiger partial charge in [-0.3, -0.25) is 18.9 Å². The number of aromatic amines is 1. The van der Waals surface area contributed by atoms with E-state index in [1.165, 1.54) is 0 Å². The number of nitrogens with one attached hydrogen (secondary N) is 1. The Morgan fingerprint density at radius 3 is 2.14 bits per heavy atom.